The van der Waals surface area contributed by atoms with E-state index in [2.05, 4.69) is 31.5 Å². The molecule has 210 valence electrons. The van der Waals surface area contributed by atoms with Crippen LogP contribution in [0.3, 0.4) is 0 Å². The number of nitrogens with zero attached hydrogens (tertiary/aromatic N) is 4. The molecule has 0 saturated carbocycles. The van der Waals surface area contributed by atoms with Crippen molar-refractivity contribution in [2.75, 3.05) is 32.8 Å². The zero-order valence-corrected chi connectivity index (χ0v) is 23.5. The number of pyridine rings is 2. The molecule has 0 saturated heterocycles. The van der Waals surface area contributed by atoms with E-state index < -0.39 is 0 Å². The molecule has 3 aromatic heterocycles. The van der Waals surface area contributed by atoms with Gasteiger partial charge >= 0.3 is 0 Å². The first kappa shape index (κ1) is 26.9. The number of hydrogen-bond acceptors (Lipinski definition) is 9. The van der Waals surface area contributed by atoms with Crippen molar-refractivity contribution in [1.82, 2.24) is 20.2 Å². The van der Waals surface area contributed by atoms with E-state index >= 15 is 0 Å². The molecule has 0 aliphatic heterocycles. The fourth-order valence-electron chi connectivity index (χ4n) is 4.60. The Morgan fingerprint density at radius 1 is 0.762 bits per heavy atom. The number of nitrogens with one attached hydrogen (secondary N) is 1. The van der Waals surface area contributed by atoms with Gasteiger partial charge < -0.3 is 24.3 Å². The van der Waals surface area contributed by atoms with Crippen molar-refractivity contribution in [3.63, 3.8) is 0 Å². The molecular formula is C33H29N5O4. The van der Waals surface area contributed by atoms with E-state index in [0.29, 0.717) is 47.3 Å². The van der Waals surface area contributed by atoms with Crippen LogP contribution >= 0.6 is 0 Å². The highest BCUT2D eigenvalue weighted by molar-refractivity contribution is 6.01. The summed E-state index contributed by atoms with van der Waals surface area (Å²) in [6.45, 7) is 3.02. The molecule has 0 fully saturated rings. The van der Waals surface area contributed by atoms with Gasteiger partial charge in [-0.3, -0.25) is 4.98 Å². The molecule has 3 aromatic carbocycles. The summed E-state index contributed by atoms with van der Waals surface area (Å²) < 4.78 is 22.4. The Hall–Kier alpha value is -5.28. The van der Waals surface area contributed by atoms with Crippen molar-refractivity contribution in [3.8, 4) is 34.3 Å². The average Bonchev–Trinajstić information content (AvgIpc) is 3.03. The van der Waals surface area contributed by atoms with Crippen molar-refractivity contribution in [3.05, 3.63) is 96.8 Å². The second-order valence-electron chi connectivity index (χ2n) is 9.57. The van der Waals surface area contributed by atoms with E-state index in [4.69, 9.17) is 18.9 Å². The fourth-order valence-corrected chi connectivity index (χ4v) is 4.60. The maximum Gasteiger partial charge on any atom is 0.161 e. The number of fused-ring (bicyclic) bond motifs is 2. The molecule has 0 aliphatic rings. The summed E-state index contributed by atoms with van der Waals surface area (Å²) in [7, 11) is 3.26. The molecule has 3 heterocycles. The summed E-state index contributed by atoms with van der Waals surface area (Å²) in [4.78, 5) is 8.82. The van der Waals surface area contributed by atoms with Crippen LogP contribution in [0.2, 0.25) is 0 Å². The Kier molecular flexibility index (Phi) is 7.74. The molecule has 0 radical (unpaired) electrons. The zero-order chi connectivity index (χ0) is 28.9. The Balaban J connectivity index is 1.24. The molecule has 0 bridgehead atoms. The first-order valence-corrected chi connectivity index (χ1v) is 13.4. The molecule has 0 amide bonds. The highest BCUT2D eigenvalue weighted by atomic mass is 16.5. The molecule has 6 rings (SSSR count). The molecule has 1 N–H and O–H groups in total. The summed E-state index contributed by atoms with van der Waals surface area (Å²) in [6, 6.07) is 25.4. The smallest absolute Gasteiger partial charge is 0.161 e. The lowest BCUT2D eigenvalue weighted by molar-refractivity contribution is 0.146. The molecule has 42 heavy (non-hydrogen) atoms. The summed E-state index contributed by atoms with van der Waals surface area (Å²) in [5.74, 6) is 3.38. The van der Waals surface area contributed by atoms with Crippen LogP contribution in [0.4, 0.5) is 11.5 Å². The van der Waals surface area contributed by atoms with Crippen molar-refractivity contribution in [2.24, 2.45) is 0 Å². The number of ether oxygens (including phenoxy) is 4. The number of aryl methyl sites for hydroxylation is 1. The Morgan fingerprint density at radius 2 is 1.60 bits per heavy atom. The van der Waals surface area contributed by atoms with Crippen LogP contribution in [0.5, 0.6) is 23.0 Å². The number of benzene rings is 3. The van der Waals surface area contributed by atoms with Gasteiger partial charge in [0.25, 0.3) is 0 Å². The van der Waals surface area contributed by atoms with Gasteiger partial charge in [0, 0.05) is 47.5 Å². The molecular weight excluding hydrogens is 530 g/mol. The zero-order valence-electron chi connectivity index (χ0n) is 23.5. The predicted octanol–water partition coefficient (Wildman–Crippen LogP) is 7.12. The minimum Gasteiger partial charge on any atom is -0.495 e. The molecule has 0 unspecified atom stereocenters. The van der Waals surface area contributed by atoms with Crippen molar-refractivity contribution < 1.29 is 18.9 Å². The highest BCUT2D eigenvalue weighted by Crippen LogP contribution is 2.34. The maximum absolute atomic E-state index is 6.14. The van der Waals surface area contributed by atoms with Gasteiger partial charge in [0.05, 0.1) is 25.4 Å². The van der Waals surface area contributed by atoms with E-state index in [1.165, 1.54) is 0 Å². The third-order valence-corrected chi connectivity index (χ3v) is 6.79. The standard InChI is InChI=1S/C33H29N5O4/c1-21-8-9-22(18-30(21)41-17-16-39-2)31-26-6-4-5-7-27(26)33(38-37-31)36-23-10-12-24(13-11-23)42-29-14-15-34-28-19-25(40-3)20-35-32(28)29/h4-15,18-20H,16-17H2,1-3H3,(H,36,38). The Morgan fingerprint density at radius 3 is 2.40 bits per heavy atom. The van der Waals surface area contributed by atoms with Crippen LogP contribution in [0.25, 0.3) is 33.1 Å². The summed E-state index contributed by atoms with van der Waals surface area (Å²) in [5, 5.41) is 14.5. The van der Waals surface area contributed by atoms with Crippen LogP contribution in [-0.4, -0.2) is 47.6 Å². The lowest BCUT2D eigenvalue weighted by Crippen LogP contribution is -2.05. The fraction of sp³-hybridized carbons (Fsp3) is 0.152. The molecule has 6 aromatic rings. The van der Waals surface area contributed by atoms with Gasteiger partial charge in [-0.2, -0.15) is 0 Å². The van der Waals surface area contributed by atoms with Gasteiger partial charge in [0.1, 0.15) is 35.1 Å². The van der Waals surface area contributed by atoms with Gasteiger partial charge in [-0.15, -0.1) is 10.2 Å². The van der Waals surface area contributed by atoms with Crippen LogP contribution in [0, 0.1) is 6.92 Å². The monoisotopic (exact) mass is 559 g/mol. The summed E-state index contributed by atoms with van der Waals surface area (Å²) in [6.07, 6.45) is 3.34. The number of methoxy groups -OCH3 is 2. The highest BCUT2D eigenvalue weighted by Gasteiger charge is 2.14. The molecule has 0 atom stereocenters. The van der Waals surface area contributed by atoms with Crippen LogP contribution in [0.15, 0.2) is 91.3 Å². The lowest BCUT2D eigenvalue weighted by atomic mass is 10.0. The second kappa shape index (κ2) is 12.1. The van der Waals surface area contributed by atoms with E-state index in [0.717, 1.165) is 39.0 Å². The van der Waals surface area contributed by atoms with Crippen molar-refractivity contribution in [1.29, 1.82) is 0 Å². The Labute approximate surface area is 243 Å². The molecule has 9 heteroatoms. The SMILES string of the molecule is COCCOc1cc(-c2nnc(Nc3ccc(Oc4ccnc5cc(OC)cnc45)cc3)c3ccccc23)ccc1C. The summed E-state index contributed by atoms with van der Waals surface area (Å²) in [5.41, 5.74) is 4.96. The van der Waals surface area contributed by atoms with E-state index in [1.54, 1.807) is 32.7 Å². The topological polar surface area (TPSA) is 101 Å². The van der Waals surface area contributed by atoms with E-state index in [-0.39, 0.29) is 0 Å². The predicted molar refractivity (Wildman–Crippen MR) is 163 cm³/mol. The van der Waals surface area contributed by atoms with E-state index in [9.17, 15) is 0 Å². The molecule has 9 nitrogen and oxygen atoms in total. The van der Waals surface area contributed by atoms with Gasteiger partial charge in [-0.05, 0) is 42.8 Å². The number of anilines is 2. The van der Waals surface area contributed by atoms with Gasteiger partial charge in [-0.25, -0.2) is 4.98 Å². The average molecular weight is 560 g/mol. The first-order valence-electron chi connectivity index (χ1n) is 13.4. The quantitative estimate of drug-likeness (QED) is 0.176. The normalized spacial score (nSPS) is 11.0. The number of rotatable bonds is 10. The third-order valence-electron chi connectivity index (χ3n) is 6.79. The van der Waals surface area contributed by atoms with Crippen molar-refractivity contribution in [2.45, 2.75) is 6.92 Å². The number of aromatic nitrogens is 4. The van der Waals surface area contributed by atoms with E-state index in [1.807, 2.05) is 73.7 Å². The number of hydrogen-bond donors (Lipinski definition) is 1. The maximum atomic E-state index is 6.14. The minimum absolute atomic E-state index is 0.477. The first-order chi connectivity index (χ1) is 20.6. The molecule has 0 spiro atoms. The van der Waals surface area contributed by atoms with Gasteiger partial charge in [-0.1, -0.05) is 36.4 Å². The van der Waals surface area contributed by atoms with Gasteiger partial charge in [0.15, 0.2) is 11.6 Å². The molecule has 0 aliphatic carbocycles. The third kappa shape index (κ3) is 5.63. The largest absolute Gasteiger partial charge is 0.495 e. The second-order valence-corrected chi connectivity index (χ2v) is 9.57. The van der Waals surface area contributed by atoms with Crippen molar-refractivity contribution >= 4 is 33.3 Å². The lowest BCUT2D eigenvalue weighted by Gasteiger charge is -2.14. The minimum atomic E-state index is 0.477. The van der Waals surface area contributed by atoms with Gasteiger partial charge in [0.2, 0.25) is 0 Å². The van der Waals surface area contributed by atoms with Crippen LogP contribution in [0.1, 0.15) is 5.56 Å². The summed E-state index contributed by atoms with van der Waals surface area (Å²) >= 11 is 0. The Bertz CT molecular complexity index is 1860. The van der Waals surface area contributed by atoms with Crippen LogP contribution < -0.4 is 19.5 Å². The van der Waals surface area contributed by atoms with Crippen LogP contribution in [-0.2, 0) is 4.74 Å².